The summed E-state index contributed by atoms with van der Waals surface area (Å²) in [6.07, 6.45) is 4.63. The highest BCUT2D eigenvalue weighted by Gasteiger charge is 2.15. The predicted octanol–water partition coefficient (Wildman–Crippen LogP) is 2.48. The molecule has 0 saturated heterocycles. The lowest BCUT2D eigenvalue weighted by Crippen LogP contribution is -2.03. The summed E-state index contributed by atoms with van der Waals surface area (Å²) in [5, 5.41) is 4.45. The van der Waals surface area contributed by atoms with Crippen LogP contribution < -0.4 is 5.73 Å². The monoisotopic (exact) mass is 281 g/mol. The van der Waals surface area contributed by atoms with Gasteiger partial charge in [0, 0.05) is 18.8 Å². The van der Waals surface area contributed by atoms with E-state index < -0.39 is 0 Å². The molecule has 0 bridgehead atoms. The molecule has 2 heterocycles. The molecule has 2 aromatic heterocycles. The first-order valence-electron chi connectivity index (χ1n) is 7.06. The van der Waals surface area contributed by atoms with Crippen molar-refractivity contribution in [3.05, 3.63) is 54.1 Å². The third-order valence-corrected chi connectivity index (χ3v) is 3.57. The van der Waals surface area contributed by atoms with Crippen molar-refractivity contribution in [2.75, 3.05) is 5.73 Å². The largest absolute Gasteiger partial charge is 0.383 e. The van der Waals surface area contributed by atoms with Crippen molar-refractivity contribution in [1.29, 1.82) is 0 Å². The van der Waals surface area contributed by atoms with Crippen LogP contribution in [0.5, 0.6) is 0 Å². The second-order valence-corrected chi connectivity index (χ2v) is 5.11. The van der Waals surface area contributed by atoms with Crippen molar-refractivity contribution in [1.82, 2.24) is 19.3 Å². The third-order valence-electron chi connectivity index (χ3n) is 3.57. The maximum atomic E-state index is 6.28. The summed E-state index contributed by atoms with van der Waals surface area (Å²) < 4.78 is 3.78. The number of nitrogen functional groups attached to an aromatic ring is 1. The SMILES string of the molecule is CCc1nn(C)cc1-c1ncn(Cc2ccccc2)c1N. The van der Waals surface area contributed by atoms with Gasteiger partial charge >= 0.3 is 0 Å². The molecule has 0 fully saturated rings. The Morgan fingerprint density at radius 2 is 1.95 bits per heavy atom. The van der Waals surface area contributed by atoms with Crippen LogP contribution in [0.25, 0.3) is 11.3 Å². The molecule has 0 atom stereocenters. The molecule has 0 amide bonds. The summed E-state index contributed by atoms with van der Waals surface area (Å²) in [6, 6.07) is 10.2. The minimum Gasteiger partial charge on any atom is -0.383 e. The van der Waals surface area contributed by atoms with E-state index in [4.69, 9.17) is 5.73 Å². The van der Waals surface area contributed by atoms with Crippen molar-refractivity contribution in [3.8, 4) is 11.3 Å². The maximum absolute atomic E-state index is 6.28. The van der Waals surface area contributed by atoms with Gasteiger partial charge in [-0.25, -0.2) is 4.98 Å². The van der Waals surface area contributed by atoms with Gasteiger partial charge in [-0.15, -0.1) is 0 Å². The number of nitrogens with two attached hydrogens (primary N) is 1. The van der Waals surface area contributed by atoms with Crippen LogP contribution in [0.2, 0.25) is 0 Å². The zero-order chi connectivity index (χ0) is 14.8. The summed E-state index contributed by atoms with van der Waals surface area (Å²) in [4.78, 5) is 4.49. The van der Waals surface area contributed by atoms with Crippen LogP contribution in [-0.4, -0.2) is 19.3 Å². The Morgan fingerprint density at radius 1 is 1.19 bits per heavy atom. The number of anilines is 1. The Hall–Kier alpha value is -2.56. The predicted molar refractivity (Wildman–Crippen MR) is 83.8 cm³/mol. The molecule has 21 heavy (non-hydrogen) atoms. The van der Waals surface area contributed by atoms with Gasteiger partial charge in [-0.05, 0) is 12.0 Å². The van der Waals surface area contributed by atoms with Gasteiger partial charge in [0.25, 0.3) is 0 Å². The Bertz CT molecular complexity index is 739. The summed E-state index contributed by atoms with van der Waals surface area (Å²) >= 11 is 0. The molecule has 0 radical (unpaired) electrons. The van der Waals surface area contributed by atoms with Crippen LogP contribution in [0.3, 0.4) is 0 Å². The number of benzene rings is 1. The van der Waals surface area contributed by atoms with E-state index in [-0.39, 0.29) is 0 Å². The fraction of sp³-hybridized carbons (Fsp3) is 0.250. The second kappa shape index (κ2) is 5.44. The van der Waals surface area contributed by atoms with Crippen molar-refractivity contribution < 1.29 is 0 Å². The lowest BCUT2D eigenvalue weighted by atomic mass is 10.1. The van der Waals surface area contributed by atoms with Gasteiger partial charge in [0.15, 0.2) is 0 Å². The van der Waals surface area contributed by atoms with E-state index in [1.807, 2.05) is 40.7 Å². The molecule has 2 N–H and O–H groups in total. The smallest absolute Gasteiger partial charge is 0.131 e. The number of imidazole rings is 1. The van der Waals surface area contributed by atoms with Gasteiger partial charge in [0.2, 0.25) is 0 Å². The quantitative estimate of drug-likeness (QED) is 0.799. The fourth-order valence-corrected chi connectivity index (χ4v) is 2.50. The van der Waals surface area contributed by atoms with E-state index in [1.54, 1.807) is 6.33 Å². The minimum atomic E-state index is 0.682. The molecule has 0 aliphatic heterocycles. The first-order chi connectivity index (χ1) is 10.2. The average Bonchev–Trinajstić information content (AvgIpc) is 3.04. The van der Waals surface area contributed by atoms with Crippen LogP contribution in [0.1, 0.15) is 18.2 Å². The Balaban J connectivity index is 1.95. The van der Waals surface area contributed by atoms with Gasteiger partial charge in [0.05, 0.1) is 18.6 Å². The number of nitrogens with zero attached hydrogens (tertiary/aromatic N) is 4. The Kier molecular flexibility index (Phi) is 3.48. The van der Waals surface area contributed by atoms with Crippen molar-refractivity contribution in [2.45, 2.75) is 19.9 Å². The van der Waals surface area contributed by atoms with Gasteiger partial charge < -0.3 is 10.3 Å². The minimum absolute atomic E-state index is 0.682. The highest BCUT2D eigenvalue weighted by molar-refractivity contribution is 5.72. The van der Waals surface area contributed by atoms with Gasteiger partial charge in [-0.3, -0.25) is 4.68 Å². The van der Waals surface area contributed by atoms with Gasteiger partial charge in [-0.1, -0.05) is 37.3 Å². The van der Waals surface area contributed by atoms with Crippen molar-refractivity contribution >= 4 is 5.82 Å². The van der Waals surface area contributed by atoms with Crippen LogP contribution in [0.15, 0.2) is 42.9 Å². The van der Waals surface area contributed by atoms with Crippen molar-refractivity contribution in [3.63, 3.8) is 0 Å². The molecule has 5 heteroatoms. The first-order valence-corrected chi connectivity index (χ1v) is 7.06. The highest BCUT2D eigenvalue weighted by atomic mass is 15.3. The van der Waals surface area contributed by atoms with E-state index in [1.165, 1.54) is 5.56 Å². The van der Waals surface area contributed by atoms with E-state index in [0.29, 0.717) is 5.82 Å². The van der Waals surface area contributed by atoms with Crippen LogP contribution in [0, 0.1) is 0 Å². The summed E-state index contributed by atoms with van der Waals surface area (Å²) in [7, 11) is 1.92. The van der Waals surface area contributed by atoms with Crippen LogP contribution in [0.4, 0.5) is 5.82 Å². The number of hydrogen-bond acceptors (Lipinski definition) is 3. The molecule has 0 aliphatic carbocycles. The lowest BCUT2D eigenvalue weighted by molar-refractivity contribution is 0.746. The number of hydrogen-bond donors (Lipinski definition) is 1. The Labute approximate surface area is 124 Å². The molecule has 3 aromatic rings. The normalized spacial score (nSPS) is 11.0. The topological polar surface area (TPSA) is 61.7 Å². The summed E-state index contributed by atoms with van der Waals surface area (Å²) in [6.45, 7) is 2.81. The van der Waals surface area contributed by atoms with Crippen LogP contribution in [-0.2, 0) is 20.0 Å². The molecule has 0 saturated carbocycles. The van der Waals surface area contributed by atoms with E-state index >= 15 is 0 Å². The highest BCUT2D eigenvalue weighted by Crippen LogP contribution is 2.27. The molecule has 1 aromatic carbocycles. The lowest BCUT2D eigenvalue weighted by Gasteiger charge is -2.06. The zero-order valence-electron chi connectivity index (χ0n) is 12.3. The molecule has 0 unspecified atom stereocenters. The third kappa shape index (κ3) is 2.54. The number of aromatic nitrogens is 4. The number of aryl methyl sites for hydroxylation is 2. The summed E-state index contributed by atoms with van der Waals surface area (Å²) in [5.74, 6) is 0.682. The molecule has 5 nitrogen and oxygen atoms in total. The van der Waals surface area contributed by atoms with E-state index in [0.717, 1.165) is 29.9 Å². The summed E-state index contributed by atoms with van der Waals surface area (Å²) in [5.41, 5.74) is 10.3. The van der Waals surface area contributed by atoms with E-state index in [2.05, 4.69) is 29.1 Å². The van der Waals surface area contributed by atoms with Gasteiger partial charge in [0.1, 0.15) is 11.5 Å². The Morgan fingerprint density at radius 3 is 2.67 bits per heavy atom. The van der Waals surface area contributed by atoms with E-state index in [9.17, 15) is 0 Å². The van der Waals surface area contributed by atoms with Gasteiger partial charge in [-0.2, -0.15) is 5.10 Å². The molecule has 3 rings (SSSR count). The number of rotatable bonds is 4. The van der Waals surface area contributed by atoms with Crippen LogP contribution >= 0.6 is 0 Å². The standard InChI is InChI=1S/C16H19N5/c1-3-14-13(10-20(2)19-14)15-16(17)21(11-18-15)9-12-7-5-4-6-8-12/h4-8,10-11H,3,9,17H2,1-2H3. The average molecular weight is 281 g/mol. The fourth-order valence-electron chi connectivity index (χ4n) is 2.50. The first kappa shape index (κ1) is 13.4. The molecule has 0 spiro atoms. The second-order valence-electron chi connectivity index (χ2n) is 5.11. The zero-order valence-corrected chi connectivity index (χ0v) is 12.3. The molecule has 108 valence electrons. The molecular weight excluding hydrogens is 262 g/mol. The van der Waals surface area contributed by atoms with Crippen molar-refractivity contribution in [2.24, 2.45) is 7.05 Å². The maximum Gasteiger partial charge on any atom is 0.131 e. The molecule has 0 aliphatic rings. The molecular formula is C16H19N5.